The minimum atomic E-state index is -0.705. The Labute approximate surface area is 247 Å². The summed E-state index contributed by atoms with van der Waals surface area (Å²) in [5, 5.41) is 11.0. The summed E-state index contributed by atoms with van der Waals surface area (Å²) in [6.07, 6.45) is 1.05. The van der Waals surface area contributed by atoms with E-state index in [4.69, 9.17) is 10.5 Å². The zero-order valence-corrected chi connectivity index (χ0v) is 24.6. The molecule has 3 aromatic carbocycles. The highest BCUT2D eigenvalue weighted by Gasteiger charge is 2.32. The summed E-state index contributed by atoms with van der Waals surface area (Å²) in [6.45, 7) is 4.64. The van der Waals surface area contributed by atoms with Crippen LogP contribution in [0.1, 0.15) is 37.0 Å². The highest BCUT2D eigenvalue weighted by Crippen LogP contribution is 2.32. The van der Waals surface area contributed by atoms with E-state index in [-0.39, 0.29) is 18.5 Å². The summed E-state index contributed by atoms with van der Waals surface area (Å²) in [5.74, 6) is 0.528. The number of aryl methyl sites for hydroxylation is 1. The molecule has 3 aromatic rings. The summed E-state index contributed by atoms with van der Waals surface area (Å²) < 4.78 is 5.44. The number of nitrogens with zero attached hydrogens (tertiary/aromatic N) is 1. The van der Waals surface area contributed by atoms with E-state index in [0.29, 0.717) is 31.7 Å². The number of hydrogen-bond acceptors (Lipinski definition) is 5. The highest BCUT2D eigenvalue weighted by atomic mass is 16.5. The van der Waals surface area contributed by atoms with Gasteiger partial charge in [-0.25, -0.2) is 9.59 Å². The van der Waals surface area contributed by atoms with Gasteiger partial charge in [0.2, 0.25) is 5.91 Å². The number of fused-ring (bicyclic) bond motifs is 1. The topological polar surface area (TPSA) is 138 Å². The minimum Gasteiger partial charge on any atom is -0.497 e. The second kappa shape index (κ2) is 13.4. The molecule has 4 rings (SSSR count). The van der Waals surface area contributed by atoms with E-state index in [0.717, 1.165) is 33.5 Å². The molecule has 1 atom stereocenters. The number of anilines is 1. The van der Waals surface area contributed by atoms with Crippen molar-refractivity contribution >= 4 is 23.7 Å². The van der Waals surface area contributed by atoms with Crippen molar-refractivity contribution in [2.75, 3.05) is 25.6 Å². The summed E-state index contributed by atoms with van der Waals surface area (Å²) >= 11 is 0. The third-order valence-electron chi connectivity index (χ3n) is 7.14. The van der Waals surface area contributed by atoms with E-state index in [1.807, 2.05) is 80.6 Å². The zero-order chi connectivity index (χ0) is 30.3. The van der Waals surface area contributed by atoms with Gasteiger partial charge in [0.1, 0.15) is 11.8 Å². The summed E-state index contributed by atoms with van der Waals surface area (Å²) in [7, 11) is 3.20. The quantitative estimate of drug-likeness (QED) is 0.266. The van der Waals surface area contributed by atoms with E-state index in [9.17, 15) is 14.4 Å². The second-order valence-corrected chi connectivity index (χ2v) is 11.1. The van der Waals surface area contributed by atoms with Gasteiger partial charge in [0, 0.05) is 31.4 Å². The van der Waals surface area contributed by atoms with Crippen LogP contribution in [-0.2, 0) is 24.3 Å². The molecule has 0 saturated carbocycles. The summed E-state index contributed by atoms with van der Waals surface area (Å²) in [4.78, 5) is 40.0. The van der Waals surface area contributed by atoms with Crippen molar-refractivity contribution in [1.82, 2.24) is 21.3 Å². The number of ether oxygens (including phenoxy) is 1. The standard InChI is InChI=1S/C32H40N6O4/c1-32(2,33)20-36-31(41)37-27-15-13-23-17-25(42-4)14-16-28(23)38(29(27)39)19-21-9-11-22(12-10-21)26-8-6-5-7-24(26)18-35-30(40)34-3/h5-12,14,16-17,27H,13,15,18-20,33H2,1-4H3,(H2,34,35,40)(H2,36,37,41)/t27-/m1/s1. The van der Waals surface area contributed by atoms with Gasteiger partial charge in [0.05, 0.1) is 13.7 Å². The third-order valence-corrected chi connectivity index (χ3v) is 7.14. The Balaban J connectivity index is 1.57. The zero-order valence-electron chi connectivity index (χ0n) is 24.6. The molecule has 0 aromatic heterocycles. The van der Waals surface area contributed by atoms with Gasteiger partial charge in [-0.1, -0.05) is 48.5 Å². The first-order chi connectivity index (χ1) is 20.1. The molecule has 0 saturated heterocycles. The van der Waals surface area contributed by atoms with Crippen LogP contribution in [0.15, 0.2) is 66.7 Å². The van der Waals surface area contributed by atoms with Crippen molar-refractivity contribution in [2.45, 2.75) is 51.4 Å². The maximum absolute atomic E-state index is 13.9. The molecular formula is C32H40N6O4. The molecule has 10 nitrogen and oxygen atoms in total. The number of carbonyl (C=O) groups excluding carboxylic acids is 3. The molecule has 222 valence electrons. The molecule has 0 spiro atoms. The number of nitrogens with two attached hydrogens (primary N) is 1. The van der Waals surface area contributed by atoms with Gasteiger partial charge in [-0.15, -0.1) is 0 Å². The molecular weight excluding hydrogens is 532 g/mol. The number of urea groups is 2. The molecule has 1 aliphatic heterocycles. The predicted molar refractivity (Wildman–Crippen MR) is 164 cm³/mol. The van der Waals surface area contributed by atoms with Crippen molar-refractivity contribution in [2.24, 2.45) is 5.73 Å². The van der Waals surface area contributed by atoms with Crippen LogP contribution in [0.3, 0.4) is 0 Å². The number of amides is 5. The van der Waals surface area contributed by atoms with Crippen molar-refractivity contribution in [3.8, 4) is 16.9 Å². The van der Waals surface area contributed by atoms with Gasteiger partial charge in [-0.2, -0.15) is 0 Å². The molecule has 1 heterocycles. The lowest BCUT2D eigenvalue weighted by Crippen LogP contribution is -2.53. The SMILES string of the molecule is CNC(=O)NCc1ccccc1-c1ccc(CN2C(=O)[C@H](NC(=O)NCC(C)(C)N)CCc3cc(OC)ccc32)cc1. The number of methoxy groups -OCH3 is 1. The molecule has 0 radical (unpaired) electrons. The summed E-state index contributed by atoms with van der Waals surface area (Å²) in [5.41, 5.74) is 11.1. The van der Waals surface area contributed by atoms with Crippen LogP contribution in [0.4, 0.5) is 15.3 Å². The lowest BCUT2D eigenvalue weighted by Gasteiger charge is -2.27. The van der Waals surface area contributed by atoms with Gasteiger partial charge >= 0.3 is 12.1 Å². The molecule has 1 aliphatic rings. The number of hydrogen-bond donors (Lipinski definition) is 5. The minimum absolute atomic E-state index is 0.184. The highest BCUT2D eigenvalue weighted by molar-refractivity contribution is 6.00. The predicted octanol–water partition coefficient (Wildman–Crippen LogP) is 3.68. The lowest BCUT2D eigenvalue weighted by molar-refractivity contribution is -0.120. The van der Waals surface area contributed by atoms with Crippen LogP contribution in [0.5, 0.6) is 5.75 Å². The Morgan fingerprint density at radius 1 is 1.02 bits per heavy atom. The van der Waals surface area contributed by atoms with E-state index in [2.05, 4.69) is 21.3 Å². The first kappa shape index (κ1) is 30.4. The molecule has 42 heavy (non-hydrogen) atoms. The third kappa shape index (κ3) is 7.79. The Morgan fingerprint density at radius 3 is 2.45 bits per heavy atom. The Bertz CT molecular complexity index is 1420. The molecule has 0 fully saturated rings. The average molecular weight is 573 g/mol. The lowest BCUT2D eigenvalue weighted by atomic mass is 9.98. The normalized spacial score (nSPS) is 14.8. The van der Waals surface area contributed by atoms with Gasteiger partial charge in [-0.05, 0) is 72.7 Å². The Hall–Kier alpha value is -4.57. The van der Waals surface area contributed by atoms with Crippen LogP contribution in [0.2, 0.25) is 0 Å². The summed E-state index contributed by atoms with van der Waals surface area (Å²) in [6, 6.07) is 20.3. The van der Waals surface area contributed by atoms with Gasteiger partial charge < -0.3 is 36.6 Å². The van der Waals surface area contributed by atoms with Crippen molar-refractivity contribution < 1.29 is 19.1 Å². The van der Waals surface area contributed by atoms with E-state index in [1.54, 1.807) is 19.1 Å². The van der Waals surface area contributed by atoms with Crippen LogP contribution < -0.4 is 36.6 Å². The molecule has 0 aliphatic carbocycles. The Kier molecular flexibility index (Phi) is 9.69. The largest absolute Gasteiger partial charge is 0.497 e. The number of nitrogens with one attached hydrogen (secondary N) is 4. The van der Waals surface area contributed by atoms with Gasteiger partial charge in [-0.3, -0.25) is 4.79 Å². The van der Waals surface area contributed by atoms with E-state index in [1.165, 1.54) is 0 Å². The molecule has 0 bridgehead atoms. The first-order valence-corrected chi connectivity index (χ1v) is 14.0. The number of rotatable bonds is 9. The molecule has 5 amide bonds. The fraction of sp³-hybridized carbons (Fsp3) is 0.344. The first-order valence-electron chi connectivity index (χ1n) is 14.0. The molecule has 0 unspecified atom stereocenters. The average Bonchev–Trinajstić information content (AvgIpc) is 3.11. The smallest absolute Gasteiger partial charge is 0.315 e. The maximum Gasteiger partial charge on any atom is 0.315 e. The van der Waals surface area contributed by atoms with Crippen LogP contribution in [-0.4, -0.2) is 50.3 Å². The second-order valence-electron chi connectivity index (χ2n) is 11.1. The van der Waals surface area contributed by atoms with Gasteiger partial charge in [0.15, 0.2) is 0 Å². The van der Waals surface area contributed by atoms with Crippen LogP contribution in [0, 0.1) is 0 Å². The van der Waals surface area contributed by atoms with Crippen molar-refractivity contribution in [3.05, 3.63) is 83.4 Å². The van der Waals surface area contributed by atoms with E-state index < -0.39 is 17.6 Å². The van der Waals surface area contributed by atoms with E-state index >= 15 is 0 Å². The fourth-order valence-corrected chi connectivity index (χ4v) is 4.89. The van der Waals surface area contributed by atoms with Crippen molar-refractivity contribution in [1.29, 1.82) is 0 Å². The van der Waals surface area contributed by atoms with Crippen molar-refractivity contribution in [3.63, 3.8) is 0 Å². The number of benzene rings is 3. The van der Waals surface area contributed by atoms with Crippen LogP contribution >= 0.6 is 0 Å². The van der Waals surface area contributed by atoms with Gasteiger partial charge in [0.25, 0.3) is 0 Å². The monoisotopic (exact) mass is 572 g/mol. The fourth-order valence-electron chi connectivity index (χ4n) is 4.89. The number of carbonyl (C=O) groups is 3. The molecule has 6 N–H and O–H groups in total. The molecule has 10 heteroatoms. The van der Waals surface area contributed by atoms with Crippen LogP contribution in [0.25, 0.3) is 11.1 Å². The Morgan fingerprint density at radius 2 is 1.76 bits per heavy atom. The maximum atomic E-state index is 13.9.